The molecule has 1 spiro atoms. The summed E-state index contributed by atoms with van der Waals surface area (Å²) in [5.74, 6) is -0.0987. The monoisotopic (exact) mass is 412 g/mol. The first-order valence-electron chi connectivity index (χ1n) is 10.4. The quantitative estimate of drug-likeness (QED) is 0.823. The number of rotatable bonds is 3. The van der Waals surface area contributed by atoms with Gasteiger partial charge in [0.1, 0.15) is 0 Å². The van der Waals surface area contributed by atoms with Crippen molar-refractivity contribution >= 4 is 11.6 Å². The molecule has 4 rings (SSSR count). The van der Waals surface area contributed by atoms with Crippen molar-refractivity contribution in [1.29, 1.82) is 0 Å². The molecule has 0 radical (unpaired) electrons. The van der Waals surface area contributed by atoms with Crippen molar-refractivity contribution < 1.29 is 27.8 Å². The molecule has 1 aliphatic carbocycles. The number of hydrogen-bond acceptors (Lipinski definition) is 4. The van der Waals surface area contributed by atoms with Crippen molar-refractivity contribution in [2.24, 2.45) is 5.41 Å². The van der Waals surface area contributed by atoms with E-state index in [1.54, 1.807) is 12.1 Å². The van der Waals surface area contributed by atoms with Crippen LogP contribution in [0.2, 0.25) is 0 Å². The summed E-state index contributed by atoms with van der Waals surface area (Å²) in [6, 6.07) is 6.32. The number of aliphatic hydroxyl groups excluding tert-OH is 1. The van der Waals surface area contributed by atoms with Crippen molar-refractivity contribution in [3.63, 3.8) is 0 Å². The van der Waals surface area contributed by atoms with Crippen LogP contribution in [0.15, 0.2) is 24.3 Å². The first-order valence-corrected chi connectivity index (χ1v) is 10.4. The van der Waals surface area contributed by atoms with Crippen molar-refractivity contribution in [1.82, 2.24) is 4.90 Å². The van der Waals surface area contributed by atoms with Gasteiger partial charge < -0.3 is 19.6 Å². The second-order valence-electron chi connectivity index (χ2n) is 8.53. The number of piperidine rings is 1. The molecule has 1 aromatic rings. The molecule has 1 saturated carbocycles. The Bertz CT molecular complexity index is 749. The van der Waals surface area contributed by atoms with Gasteiger partial charge in [0, 0.05) is 25.7 Å². The number of carbonyl (C=O) groups is 1. The second-order valence-corrected chi connectivity index (χ2v) is 8.53. The summed E-state index contributed by atoms with van der Waals surface area (Å²) in [5.41, 5.74) is -0.157. The molecule has 1 aromatic carbocycles. The van der Waals surface area contributed by atoms with Gasteiger partial charge in [0.15, 0.2) is 5.75 Å². The molecular formula is C21H27F3N2O3. The third-order valence-corrected chi connectivity index (χ3v) is 6.66. The average molecular weight is 412 g/mol. The third kappa shape index (κ3) is 4.17. The molecule has 0 unspecified atom stereocenters. The van der Waals surface area contributed by atoms with Crippen LogP contribution in [0.4, 0.5) is 18.9 Å². The summed E-state index contributed by atoms with van der Waals surface area (Å²) in [4.78, 5) is 17.2. The molecule has 8 heteroatoms. The highest BCUT2D eigenvalue weighted by molar-refractivity contribution is 5.86. The number of carbonyl (C=O) groups excluding carboxylic acids is 1. The summed E-state index contributed by atoms with van der Waals surface area (Å²) >= 11 is 0. The summed E-state index contributed by atoms with van der Waals surface area (Å²) < 4.78 is 42.7. The number of halogens is 3. The first-order chi connectivity index (χ1) is 13.8. The van der Waals surface area contributed by atoms with E-state index in [1.165, 1.54) is 12.1 Å². The number of ether oxygens (including phenoxy) is 1. The predicted octanol–water partition coefficient (Wildman–Crippen LogP) is 3.71. The Morgan fingerprint density at radius 1 is 1.07 bits per heavy atom. The van der Waals surface area contributed by atoms with Crippen LogP contribution in [-0.2, 0) is 4.79 Å². The average Bonchev–Trinajstić information content (AvgIpc) is 2.98. The fraction of sp³-hybridized carbons (Fsp3) is 0.667. The number of nitrogens with zero attached hydrogens (tertiary/aromatic N) is 2. The lowest BCUT2D eigenvalue weighted by Gasteiger charge is -2.41. The van der Waals surface area contributed by atoms with Crippen LogP contribution >= 0.6 is 0 Å². The van der Waals surface area contributed by atoms with Gasteiger partial charge in [-0.15, -0.1) is 13.2 Å². The van der Waals surface area contributed by atoms with Crippen LogP contribution in [0.3, 0.4) is 0 Å². The maximum Gasteiger partial charge on any atom is 0.573 e. The Labute approximate surface area is 168 Å². The van der Waals surface area contributed by atoms with Gasteiger partial charge in [-0.3, -0.25) is 4.79 Å². The molecule has 2 heterocycles. The molecule has 1 amide bonds. The van der Waals surface area contributed by atoms with E-state index in [0.717, 1.165) is 44.9 Å². The SMILES string of the molecule is O=C1N([C@H]2CC[C@H](O)CC2)CC[C@]12CCCN(c1ccccc1OC(F)(F)F)C2. The van der Waals surface area contributed by atoms with Gasteiger partial charge in [-0.2, -0.15) is 0 Å². The minimum Gasteiger partial charge on any atom is -0.404 e. The van der Waals surface area contributed by atoms with Crippen LogP contribution in [0, 0.1) is 5.41 Å². The van der Waals surface area contributed by atoms with Gasteiger partial charge in [0.05, 0.1) is 17.2 Å². The van der Waals surface area contributed by atoms with E-state index in [9.17, 15) is 23.1 Å². The molecule has 0 aromatic heterocycles. The van der Waals surface area contributed by atoms with Crippen LogP contribution in [-0.4, -0.2) is 54.1 Å². The molecule has 5 nitrogen and oxygen atoms in total. The molecular weight excluding hydrogens is 385 g/mol. The van der Waals surface area contributed by atoms with Gasteiger partial charge in [-0.1, -0.05) is 12.1 Å². The second kappa shape index (κ2) is 7.70. The number of hydrogen-bond donors (Lipinski definition) is 1. The summed E-state index contributed by atoms with van der Waals surface area (Å²) in [6.07, 6.45) is 0.279. The van der Waals surface area contributed by atoms with Crippen LogP contribution < -0.4 is 9.64 Å². The number of likely N-dealkylation sites (tertiary alicyclic amines) is 1. The van der Waals surface area contributed by atoms with Crippen LogP contribution in [0.1, 0.15) is 44.9 Å². The Balaban J connectivity index is 1.51. The molecule has 2 aliphatic heterocycles. The molecule has 160 valence electrons. The largest absolute Gasteiger partial charge is 0.573 e. The van der Waals surface area contributed by atoms with E-state index in [0.29, 0.717) is 25.3 Å². The molecule has 1 atom stereocenters. The fourth-order valence-corrected chi connectivity index (χ4v) is 5.21. The van der Waals surface area contributed by atoms with Gasteiger partial charge in [-0.05, 0) is 57.1 Å². The highest BCUT2D eigenvalue weighted by Crippen LogP contribution is 2.45. The van der Waals surface area contributed by atoms with E-state index in [1.807, 2.05) is 9.80 Å². The summed E-state index contributed by atoms with van der Waals surface area (Å²) in [7, 11) is 0. The normalized spacial score (nSPS) is 30.8. The number of alkyl halides is 3. The minimum atomic E-state index is -4.75. The topological polar surface area (TPSA) is 53.0 Å². The third-order valence-electron chi connectivity index (χ3n) is 6.66. The number of amides is 1. The lowest BCUT2D eigenvalue weighted by Crippen LogP contribution is -2.50. The van der Waals surface area contributed by atoms with Gasteiger partial charge >= 0.3 is 6.36 Å². The zero-order valence-electron chi connectivity index (χ0n) is 16.3. The number of anilines is 1. The molecule has 2 saturated heterocycles. The van der Waals surface area contributed by atoms with E-state index in [-0.39, 0.29) is 23.8 Å². The van der Waals surface area contributed by atoms with E-state index in [4.69, 9.17) is 0 Å². The molecule has 3 fully saturated rings. The Kier molecular flexibility index (Phi) is 5.40. The van der Waals surface area contributed by atoms with E-state index in [2.05, 4.69) is 4.74 Å². The van der Waals surface area contributed by atoms with Crippen LogP contribution in [0.25, 0.3) is 0 Å². The minimum absolute atomic E-state index is 0.123. The standard InChI is InChI=1S/C21H27F3N2O3/c22-21(23,24)29-18-5-2-1-4-17(18)25-12-3-10-20(14-25)11-13-26(19(20)28)15-6-8-16(27)9-7-15/h1-2,4-5,15-16,27H,3,6-14H2/t15-,16-,20-/m0/s1. The predicted molar refractivity (Wildman–Crippen MR) is 102 cm³/mol. The Hall–Kier alpha value is -1.96. The highest BCUT2D eigenvalue weighted by atomic mass is 19.4. The maximum absolute atomic E-state index is 13.4. The van der Waals surface area contributed by atoms with Gasteiger partial charge in [0.2, 0.25) is 5.91 Å². The van der Waals surface area contributed by atoms with Crippen LogP contribution in [0.5, 0.6) is 5.75 Å². The molecule has 29 heavy (non-hydrogen) atoms. The molecule has 3 aliphatic rings. The maximum atomic E-state index is 13.4. The number of benzene rings is 1. The van der Waals surface area contributed by atoms with E-state index < -0.39 is 11.8 Å². The van der Waals surface area contributed by atoms with Gasteiger partial charge in [-0.25, -0.2) is 0 Å². The van der Waals surface area contributed by atoms with Crippen molar-refractivity contribution in [3.8, 4) is 5.75 Å². The fourth-order valence-electron chi connectivity index (χ4n) is 5.21. The molecule has 0 bridgehead atoms. The number of aliphatic hydroxyl groups is 1. The van der Waals surface area contributed by atoms with Crippen molar-refractivity contribution in [3.05, 3.63) is 24.3 Å². The highest BCUT2D eigenvalue weighted by Gasteiger charge is 2.51. The first kappa shape index (κ1) is 20.3. The smallest absolute Gasteiger partial charge is 0.404 e. The zero-order valence-corrected chi connectivity index (χ0v) is 16.3. The van der Waals surface area contributed by atoms with E-state index >= 15 is 0 Å². The number of para-hydroxylation sites is 2. The lowest BCUT2D eigenvalue weighted by molar-refractivity contribution is -0.274. The summed E-state index contributed by atoms with van der Waals surface area (Å²) in [5, 5.41) is 9.74. The Morgan fingerprint density at radius 3 is 2.52 bits per heavy atom. The van der Waals surface area contributed by atoms with Gasteiger partial charge in [0.25, 0.3) is 0 Å². The Morgan fingerprint density at radius 2 is 1.79 bits per heavy atom. The molecule has 1 N–H and O–H groups in total. The lowest BCUT2D eigenvalue weighted by atomic mass is 9.78. The van der Waals surface area contributed by atoms with Crippen molar-refractivity contribution in [2.75, 3.05) is 24.5 Å². The summed E-state index contributed by atoms with van der Waals surface area (Å²) in [6.45, 7) is 1.70. The zero-order chi connectivity index (χ0) is 20.6. The van der Waals surface area contributed by atoms with Crippen molar-refractivity contribution in [2.45, 2.75) is 63.5 Å².